The number of carbonyl (C=O) groups is 1. The molecule has 70 valence electrons. The summed E-state index contributed by atoms with van der Waals surface area (Å²) in [6.07, 6.45) is 0. The van der Waals surface area contributed by atoms with Crippen LogP contribution < -0.4 is 4.87 Å². The van der Waals surface area contributed by atoms with Crippen molar-refractivity contribution in [3.8, 4) is 0 Å². The number of aromatic amines is 1. The SMILES string of the molecule is CC1CN(C(=O)c2csc(=O)[nH]2)C1. The fraction of sp³-hybridized carbons (Fsp3) is 0.500. The Kier molecular flexibility index (Phi) is 1.95. The molecule has 2 rings (SSSR count). The Balaban J connectivity index is 2.10. The molecule has 1 aliphatic heterocycles. The van der Waals surface area contributed by atoms with E-state index in [4.69, 9.17) is 0 Å². The molecule has 0 bridgehead atoms. The Morgan fingerprint density at radius 3 is 2.85 bits per heavy atom. The summed E-state index contributed by atoms with van der Waals surface area (Å²) in [6.45, 7) is 3.70. The van der Waals surface area contributed by atoms with Crippen LogP contribution in [0.3, 0.4) is 0 Å². The molecule has 13 heavy (non-hydrogen) atoms. The molecular formula is C8H10N2O2S. The number of nitrogens with one attached hydrogen (secondary N) is 1. The van der Waals surface area contributed by atoms with E-state index in [1.54, 1.807) is 10.3 Å². The molecule has 1 N–H and O–H groups in total. The van der Waals surface area contributed by atoms with Crippen LogP contribution in [0.1, 0.15) is 17.4 Å². The quantitative estimate of drug-likeness (QED) is 0.715. The minimum absolute atomic E-state index is 0.0588. The number of carbonyl (C=O) groups excluding carboxylic acids is 1. The minimum atomic E-state index is -0.170. The van der Waals surface area contributed by atoms with Gasteiger partial charge < -0.3 is 9.88 Å². The van der Waals surface area contributed by atoms with Crippen LogP contribution in [0, 0.1) is 5.92 Å². The van der Waals surface area contributed by atoms with Gasteiger partial charge in [0.1, 0.15) is 5.69 Å². The highest BCUT2D eigenvalue weighted by Gasteiger charge is 2.28. The van der Waals surface area contributed by atoms with Gasteiger partial charge in [0.15, 0.2) is 0 Å². The zero-order chi connectivity index (χ0) is 9.42. The lowest BCUT2D eigenvalue weighted by Gasteiger charge is -2.36. The maximum absolute atomic E-state index is 11.5. The summed E-state index contributed by atoms with van der Waals surface area (Å²) >= 11 is 1.03. The predicted octanol–water partition coefficient (Wildman–Crippen LogP) is 0.528. The Morgan fingerprint density at radius 2 is 2.38 bits per heavy atom. The Labute approximate surface area is 79.2 Å². The molecule has 0 spiro atoms. The molecule has 0 atom stereocenters. The first kappa shape index (κ1) is 8.50. The van der Waals surface area contributed by atoms with Crippen LogP contribution in [0.4, 0.5) is 0 Å². The molecular weight excluding hydrogens is 188 g/mol. The monoisotopic (exact) mass is 198 g/mol. The lowest BCUT2D eigenvalue weighted by molar-refractivity contribution is 0.0525. The minimum Gasteiger partial charge on any atom is -0.337 e. The van der Waals surface area contributed by atoms with Crippen molar-refractivity contribution >= 4 is 17.2 Å². The third-order valence-electron chi connectivity index (χ3n) is 2.10. The fourth-order valence-corrected chi connectivity index (χ4v) is 1.97. The summed E-state index contributed by atoms with van der Waals surface area (Å²) in [6, 6.07) is 0. The standard InChI is InChI=1S/C8H10N2O2S/c1-5-2-10(3-5)7(11)6-4-13-8(12)9-6/h4-5H,2-3H2,1H3,(H,9,12). The summed E-state index contributed by atoms with van der Waals surface area (Å²) in [5.41, 5.74) is 0.418. The first-order valence-corrected chi connectivity index (χ1v) is 5.02. The van der Waals surface area contributed by atoms with E-state index < -0.39 is 0 Å². The average molecular weight is 198 g/mol. The van der Waals surface area contributed by atoms with Crippen molar-refractivity contribution in [2.45, 2.75) is 6.92 Å². The van der Waals surface area contributed by atoms with E-state index in [0.29, 0.717) is 11.6 Å². The molecule has 4 nitrogen and oxygen atoms in total. The summed E-state index contributed by atoms with van der Waals surface area (Å²) < 4.78 is 0. The number of hydrogen-bond donors (Lipinski definition) is 1. The number of rotatable bonds is 1. The molecule has 0 radical (unpaired) electrons. The second-order valence-electron chi connectivity index (χ2n) is 3.38. The fourth-order valence-electron chi connectivity index (χ4n) is 1.42. The summed E-state index contributed by atoms with van der Waals surface area (Å²) in [4.78, 5) is 26.4. The van der Waals surface area contributed by atoms with E-state index >= 15 is 0 Å². The molecule has 5 heteroatoms. The molecule has 1 aliphatic rings. The Hall–Kier alpha value is -1.10. The number of thiazole rings is 1. The van der Waals surface area contributed by atoms with Gasteiger partial charge in [-0.1, -0.05) is 18.3 Å². The smallest absolute Gasteiger partial charge is 0.305 e. The van der Waals surface area contributed by atoms with Crippen LogP contribution in [-0.4, -0.2) is 28.9 Å². The Morgan fingerprint density at radius 1 is 1.69 bits per heavy atom. The molecule has 1 amide bonds. The average Bonchev–Trinajstić information content (AvgIpc) is 2.45. The van der Waals surface area contributed by atoms with Crippen molar-refractivity contribution in [2.75, 3.05) is 13.1 Å². The van der Waals surface area contributed by atoms with E-state index in [0.717, 1.165) is 24.4 Å². The first-order valence-electron chi connectivity index (χ1n) is 4.14. The number of H-pyrrole nitrogens is 1. The molecule has 2 heterocycles. The van der Waals surface area contributed by atoms with Gasteiger partial charge in [-0.25, -0.2) is 0 Å². The van der Waals surface area contributed by atoms with Crippen LogP contribution in [0.5, 0.6) is 0 Å². The van der Waals surface area contributed by atoms with E-state index in [1.807, 2.05) is 0 Å². The third kappa shape index (κ3) is 1.51. The highest BCUT2D eigenvalue weighted by atomic mass is 32.1. The lowest BCUT2D eigenvalue weighted by Crippen LogP contribution is -2.48. The molecule has 1 saturated heterocycles. The van der Waals surface area contributed by atoms with Gasteiger partial charge in [-0.05, 0) is 5.92 Å². The van der Waals surface area contributed by atoms with E-state index in [1.165, 1.54) is 0 Å². The van der Waals surface area contributed by atoms with Gasteiger partial charge in [0.05, 0.1) is 0 Å². The van der Waals surface area contributed by atoms with Crippen molar-refractivity contribution in [3.05, 3.63) is 20.7 Å². The maximum Gasteiger partial charge on any atom is 0.305 e. The van der Waals surface area contributed by atoms with Crippen molar-refractivity contribution in [3.63, 3.8) is 0 Å². The van der Waals surface area contributed by atoms with E-state index in [9.17, 15) is 9.59 Å². The van der Waals surface area contributed by atoms with Crippen LogP contribution in [0.15, 0.2) is 10.2 Å². The first-order chi connectivity index (χ1) is 6.16. The highest BCUT2D eigenvalue weighted by Crippen LogP contribution is 2.16. The predicted molar refractivity (Wildman–Crippen MR) is 50.0 cm³/mol. The number of aromatic nitrogens is 1. The molecule has 1 fully saturated rings. The van der Waals surface area contributed by atoms with Gasteiger partial charge in [0.25, 0.3) is 5.91 Å². The zero-order valence-corrected chi connectivity index (χ0v) is 8.06. The molecule has 0 unspecified atom stereocenters. The Bertz CT molecular complexity index is 375. The number of nitrogens with zero attached hydrogens (tertiary/aromatic N) is 1. The highest BCUT2D eigenvalue weighted by molar-refractivity contribution is 7.07. The maximum atomic E-state index is 11.5. The van der Waals surface area contributed by atoms with E-state index in [2.05, 4.69) is 11.9 Å². The normalized spacial score (nSPS) is 17.2. The van der Waals surface area contributed by atoms with Crippen molar-refractivity contribution in [1.29, 1.82) is 0 Å². The summed E-state index contributed by atoms with van der Waals surface area (Å²) in [5.74, 6) is 0.533. The number of likely N-dealkylation sites (tertiary alicyclic amines) is 1. The molecule has 0 aliphatic carbocycles. The van der Waals surface area contributed by atoms with Gasteiger partial charge >= 0.3 is 4.87 Å². The van der Waals surface area contributed by atoms with Crippen molar-refractivity contribution in [1.82, 2.24) is 9.88 Å². The molecule has 0 aromatic carbocycles. The van der Waals surface area contributed by atoms with Crippen LogP contribution in [0.25, 0.3) is 0 Å². The summed E-state index contributed by atoms with van der Waals surface area (Å²) in [7, 11) is 0. The largest absolute Gasteiger partial charge is 0.337 e. The third-order valence-corrected chi connectivity index (χ3v) is 2.77. The van der Waals surface area contributed by atoms with Crippen LogP contribution in [-0.2, 0) is 0 Å². The second-order valence-corrected chi connectivity index (χ2v) is 4.22. The number of amides is 1. The van der Waals surface area contributed by atoms with Gasteiger partial charge in [-0.2, -0.15) is 0 Å². The van der Waals surface area contributed by atoms with Crippen LogP contribution in [0.2, 0.25) is 0 Å². The van der Waals surface area contributed by atoms with Crippen molar-refractivity contribution < 1.29 is 4.79 Å². The molecule has 0 saturated carbocycles. The van der Waals surface area contributed by atoms with Gasteiger partial charge in [-0.3, -0.25) is 9.59 Å². The van der Waals surface area contributed by atoms with Crippen molar-refractivity contribution in [2.24, 2.45) is 5.92 Å². The lowest BCUT2D eigenvalue weighted by atomic mass is 10.0. The van der Waals surface area contributed by atoms with Gasteiger partial charge in [0.2, 0.25) is 0 Å². The summed E-state index contributed by atoms with van der Waals surface area (Å²) in [5, 5.41) is 1.58. The number of hydrogen-bond acceptors (Lipinski definition) is 3. The molecule has 1 aromatic heterocycles. The van der Waals surface area contributed by atoms with Gasteiger partial charge in [0, 0.05) is 18.5 Å². The topological polar surface area (TPSA) is 53.2 Å². The zero-order valence-electron chi connectivity index (χ0n) is 7.24. The van der Waals surface area contributed by atoms with Gasteiger partial charge in [-0.15, -0.1) is 0 Å². The van der Waals surface area contributed by atoms with Crippen LogP contribution >= 0.6 is 11.3 Å². The molecule has 1 aromatic rings. The second kappa shape index (κ2) is 2.99. The van der Waals surface area contributed by atoms with E-state index in [-0.39, 0.29) is 10.8 Å².